The average Bonchev–Trinajstić information content (AvgIpc) is 3.16. The third kappa shape index (κ3) is 4.60. The number of methoxy groups -OCH3 is 1. The van der Waals surface area contributed by atoms with Gasteiger partial charge in [-0.25, -0.2) is 4.98 Å². The highest BCUT2D eigenvalue weighted by Gasteiger charge is 2.24. The number of ether oxygens (including phenoxy) is 1. The molecule has 1 aliphatic heterocycles. The predicted octanol–water partition coefficient (Wildman–Crippen LogP) is 4.20. The van der Waals surface area contributed by atoms with Crippen LogP contribution in [0.15, 0.2) is 30.5 Å². The summed E-state index contributed by atoms with van der Waals surface area (Å²) in [5.74, 6) is 1.77. The van der Waals surface area contributed by atoms with Gasteiger partial charge in [0.15, 0.2) is 0 Å². The monoisotopic (exact) mass is 358 g/mol. The molecule has 0 bridgehead atoms. The molecule has 3 rings (SSSR count). The summed E-state index contributed by atoms with van der Waals surface area (Å²) >= 11 is 1.53. The molecule has 0 atom stereocenters. The van der Waals surface area contributed by atoms with Crippen LogP contribution in [-0.4, -0.2) is 36.0 Å². The first-order chi connectivity index (χ1) is 12.2. The molecule has 0 N–H and O–H groups in total. The van der Waals surface area contributed by atoms with Gasteiger partial charge >= 0.3 is 0 Å². The van der Waals surface area contributed by atoms with Gasteiger partial charge in [0.2, 0.25) is 0 Å². The second-order valence-corrected chi connectivity index (χ2v) is 7.71. The van der Waals surface area contributed by atoms with Crippen molar-refractivity contribution in [1.29, 1.82) is 0 Å². The lowest BCUT2D eigenvalue weighted by Crippen LogP contribution is -2.38. The van der Waals surface area contributed by atoms with Crippen molar-refractivity contribution in [2.75, 3.05) is 20.2 Å². The summed E-state index contributed by atoms with van der Waals surface area (Å²) in [4.78, 5) is 19.6. The maximum Gasteiger partial charge on any atom is 0.265 e. The molecule has 1 aromatic carbocycles. The molecule has 0 radical (unpaired) electrons. The number of thiazole rings is 1. The summed E-state index contributed by atoms with van der Waals surface area (Å²) in [5.41, 5.74) is 1.36. The second kappa shape index (κ2) is 8.48. The fraction of sp³-hybridized carbons (Fsp3) is 0.500. The Morgan fingerprint density at radius 2 is 2.00 bits per heavy atom. The summed E-state index contributed by atoms with van der Waals surface area (Å²) in [6.07, 6.45) is 7.11. The van der Waals surface area contributed by atoms with Crippen molar-refractivity contribution in [3.8, 4) is 5.75 Å². The summed E-state index contributed by atoms with van der Waals surface area (Å²) in [7, 11) is 1.69. The third-order valence-corrected chi connectivity index (χ3v) is 6.10. The van der Waals surface area contributed by atoms with Gasteiger partial charge in [-0.1, -0.05) is 19.1 Å². The number of carbonyl (C=O) groups excluding carboxylic acids is 1. The Kier molecular flexibility index (Phi) is 6.08. The van der Waals surface area contributed by atoms with E-state index in [2.05, 4.69) is 24.0 Å². The van der Waals surface area contributed by atoms with Gasteiger partial charge in [-0.2, -0.15) is 0 Å². The minimum Gasteiger partial charge on any atom is -0.497 e. The molecule has 5 heteroatoms. The Morgan fingerprint density at radius 3 is 2.60 bits per heavy atom. The smallest absolute Gasteiger partial charge is 0.265 e. The van der Waals surface area contributed by atoms with E-state index < -0.39 is 0 Å². The highest BCUT2D eigenvalue weighted by molar-refractivity contribution is 7.13. The van der Waals surface area contributed by atoms with Gasteiger partial charge < -0.3 is 9.64 Å². The fourth-order valence-electron chi connectivity index (χ4n) is 3.32. The molecule has 25 heavy (non-hydrogen) atoms. The van der Waals surface area contributed by atoms with Crippen LogP contribution >= 0.6 is 11.3 Å². The van der Waals surface area contributed by atoms with Crippen molar-refractivity contribution in [1.82, 2.24) is 9.88 Å². The number of aromatic nitrogens is 1. The number of nitrogens with zero attached hydrogens (tertiary/aromatic N) is 2. The average molecular weight is 359 g/mol. The lowest BCUT2D eigenvalue weighted by molar-refractivity contribution is 0.0691. The molecule has 0 unspecified atom stereocenters. The van der Waals surface area contributed by atoms with Crippen LogP contribution in [0.1, 0.15) is 46.4 Å². The van der Waals surface area contributed by atoms with Crippen molar-refractivity contribution in [2.24, 2.45) is 5.92 Å². The quantitative estimate of drug-likeness (QED) is 0.777. The van der Waals surface area contributed by atoms with E-state index in [0.29, 0.717) is 5.92 Å². The number of likely N-dealkylation sites (tertiary alicyclic amines) is 1. The first-order valence-corrected chi connectivity index (χ1v) is 9.88. The number of piperidine rings is 1. The zero-order chi connectivity index (χ0) is 17.6. The number of hydrogen-bond acceptors (Lipinski definition) is 4. The molecule has 0 aliphatic carbocycles. The Morgan fingerprint density at radius 1 is 1.28 bits per heavy atom. The van der Waals surface area contributed by atoms with Gasteiger partial charge in [-0.05, 0) is 55.7 Å². The Hall–Kier alpha value is -1.88. The molecular formula is C20H26N2O2S. The van der Waals surface area contributed by atoms with E-state index in [9.17, 15) is 4.79 Å². The molecule has 1 saturated heterocycles. The van der Waals surface area contributed by atoms with E-state index in [1.54, 1.807) is 13.3 Å². The standard InChI is InChI=1S/C20H26N2O2S/c1-3-19-21-14-18(25-19)20(23)22-12-10-16(11-13-22)5-4-15-6-8-17(24-2)9-7-15/h6-9,14,16H,3-5,10-13H2,1-2H3. The van der Waals surface area contributed by atoms with E-state index in [-0.39, 0.29) is 5.91 Å². The van der Waals surface area contributed by atoms with Crippen LogP contribution in [0.4, 0.5) is 0 Å². The number of aryl methyl sites for hydroxylation is 2. The summed E-state index contributed by atoms with van der Waals surface area (Å²) in [6, 6.07) is 8.34. The minimum atomic E-state index is 0.158. The number of rotatable bonds is 6. The van der Waals surface area contributed by atoms with E-state index >= 15 is 0 Å². The van der Waals surface area contributed by atoms with Crippen LogP contribution in [0, 0.1) is 5.92 Å². The van der Waals surface area contributed by atoms with Crippen molar-refractivity contribution < 1.29 is 9.53 Å². The van der Waals surface area contributed by atoms with Gasteiger partial charge in [0.25, 0.3) is 5.91 Å². The van der Waals surface area contributed by atoms with Crippen LogP contribution in [0.2, 0.25) is 0 Å². The van der Waals surface area contributed by atoms with Crippen LogP contribution in [-0.2, 0) is 12.8 Å². The van der Waals surface area contributed by atoms with E-state index in [1.165, 1.54) is 23.3 Å². The first kappa shape index (κ1) is 17.9. The Bertz CT molecular complexity index is 688. The fourth-order valence-corrected chi connectivity index (χ4v) is 4.14. The predicted molar refractivity (Wildman–Crippen MR) is 101 cm³/mol. The molecular weight excluding hydrogens is 332 g/mol. The topological polar surface area (TPSA) is 42.4 Å². The van der Waals surface area contributed by atoms with Crippen LogP contribution in [0.3, 0.4) is 0 Å². The summed E-state index contributed by atoms with van der Waals surface area (Å²) in [5, 5.41) is 1.04. The Balaban J connectivity index is 1.45. The van der Waals surface area contributed by atoms with Crippen molar-refractivity contribution in [3.63, 3.8) is 0 Å². The highest BCUT2D eigenvalue weighted by atomic mass is 32.1. The second-order valence-electron chi connectivity index (χ2n) is 6.59. The summed E-state index contributed by atoms with van der Waals surface area (Å²) in [6.45, 7) is 3.80. The molecule has 134 valence electrons. The number of amides is 1. The van der Waals surface area contributed by atoms with Crippen LogP contribution < -0.4 is 4.74 Å². The number of carbonyl (C=O) groups is 1. The number of benzene rings is 1. The third-order valence-electron chi connectivity index (χ3n) is 4.97. The van der Waals surface area contributed by atoms with Crippen molar-refractivity contribution in [2.45, 2.75) is 39.0 Å². The molecule has 1 aliphatic rings. The first-order valence-electron chi connectivity index (χ1n) is 9.06. The van der Waals surface area contributed by atoms with Gasteiger partial charge in [0, 0.05) is 13.1 Å². The molecule has 1 fully saturated rings. The Labute approximate surface area is 153 Å². The molecule has 2 heterocycles. The van der Waals surface area contributed by atoms with E-state index in [1.807, 2.05) is 17.0 Å². The van der Waals surface area contributed by atoms with E-state index in [0.717, 1.165) is 54.4 Å². The van der Waals surface area contributed by atoms with Crippen molar-refractivity contribution >= 4 is 17.2 Å². The molecule has 4 nitrogen and oxygen atoms in total. The van der Waals surface area contributed by atoms with Gasteiger partial charge in [-0.15, -0.1) is 11.3 Å². The normalized spacial score (nSPS) is 15.4. The maximum absolute atomic E-state index is 12.6. The van der Waals surface area contributed by atoms with Crippen LogP contribution in [0.5, 0.6) is 5.75 Å². The molecule has 2 aromatic rings. The van der Waals surface area contributed by atoms with Gasteiger partial charge in [0.05, 0.1) is 18.3 Å². The maximum atomic E-state index is 12.6. The van der Waals surface area contributed by atoms with Gasteiger partial charge in [0.1, 0.15) is 10.6 Å². The van der Waals surface area contributed by atoms with Crippen molar-refractivity contribution in [3.05, 3.63) is 45.9 Å². The zero-order valence-electron chi connectivity index (χ0n) is 15.0. The molecule has 1 aromatic heterocycles. The lowest BCUT2D eigenvalue weighted by Gasteiger charge is -2.31. The zero-order valence-corrected chi connectivity index (χ0v) is 15.8. The number of hydrogen-bond donors (Lipinski definition) is 0. The van der Waals surface area contributed by atoms with Crippen LogP contribution in [0.25, 0.3) is 0 Å². The lowest BCUT2D eigenvalue weighted by atomic mass is 9.90. The largest absolute Gasteiger partial charge is 0.497 e. The molecule has 1 amide bonds. The molecule has 0 spiro atoms. The van der Waals surface area contributed by atoms with E-state index in [4.69, 9.17) is 4.74 Å². The van der Waals surface area contributed by atoms with Gasteiger partial charge in [-0.3, -0.25) is 4.79 Å². The minimum absolute atomic E-state index is 0.158. The highest BCUT2D eigenvalue weighted by Crippen LogP contribution is 2.25. The summed E-state index contributed by atoms with van der Waals surface area (Å²) < 4.78 is 5.20. The SMILES string of the molecule is CCc1ncc(C(=O)N2CCC(CCc3ccc(OC)cc3)CC2)s1. The molecule has 0 saturated carbocycles.